The highest BCUT2D eigenvalue weighted by Crippen LogP contribution is 2.45. The van der Waals surface area contributed by atoms with Gasteiger partial charge in [-0.1, -0.05) is 24.6 Å². The van der Waals surface area contributed by atoms with Gasteiger partial charge in [0.2, 0.25) is 5.91 Å². The van der Waals surface area contributed by atoms with Crippen LogP contribution in [0, 0.1) is 0 Å². The largest absolute Gasteiger partial charge is 0.494 e. The first-order chi connectivity index (χ1) is 15.0. The first kappa shape index (κ1) is 21.5. The van der Waals surface area contributed by atoms with E-state index >= 15 is 0 Å². The van der Waals surface area contributed by atoms with Crippen LogP contribution in [0.25, 0.3) is 0 Å². The number of pyridine rings is 1. The molecule has 0 radical (unpaired) electrons. The van der Waals surface area contributed by atoms with E-state index in [0.717, 1.165) is 16.3 Å². The summed E-state index contributed by atoms with van der Waals surface area (Å²) in [5.41, 5.74) is 2.35. The van der Waals surface area contributed by atoms with E-state index in [2.05, 4.69) is 15.6 Å². The molecule has 1 amide bonds. The minimum absolute atomic E-state index is 0.0780. The van der Waals surface area contributed by atoms with Crippen molar-refractivity contribution >= 4 is 57.5 Å². The number of hydrogen-bond donors (Lipinski definition) is 2. The summed E-state index contributed by atoms with van der Waals surface area (Å²) >= 11 is 13.5. The number of hydrogen-bond acceptors (Lipinski definition) is 5. The van der Waals surface area contributed by atoms with Crippen LogP contribution < -0.4 is 20.3 Å². The van der Waals surface area contributed by atoms with Crippen LogP contribution in [0.2, 0.25) is 4.34 Å². The topological polar surface area (TPSA) is 66.5 Å². The molecular formula is C22H21ClN4O2S2. The zero-order chi connectivity index (χ0) is 22.0. The second-order valence-corrected chi connectivity index (χ2v) is 9.06. The Hall–Kier alpha value is -2.68. The standard InChI is InChI=1S/C22H21ClN4O2S2/c1-3-19(28)25-14-8-7-13(12-16(14)29-2)27-21(17-9-10-18(23)31-17)20(26-22(27)30)15-6-4-5-11-24-15/h4-12,20-21H,3H2,1-2H3,(H,25,28)(H,26,30)/t20-,21-/m0/s1. The number of halogens is 1. The summed E-state index contributed by atoms with van der Waals surface area (Å²) in [4.78, 5) is 19.5. The lowest BCUT2D eigenvalue weighted by Crippen LogP contribution is -2.29. The molecule has 1 aliphatic heterocycles. The lowest BCUT2D eigenvalue weighted by atomic mass is 10.0. The van der Waals surface area contributed by atoms with Crippen LogP contribution in [-0.2, 0) is 4.79 Å². The van der Waals surface area contributed by atoms with E-state index in [0.29, 0.717) is 27.3 Å². The van der Waals surface area contributed by atoms with Crippen LogP contribution in [-0.4, -0.2) is 23.1 Å². The van der Waals surface area contributed by atoms with E-state index < -0.39 is 0 Å². The maximum atomic E-state index is 11.9. The number of aromatic nitrogens is 1. The van der Waals surface area contributed by atoms with Gasteiger partial charge in [-0.2, -0.15) is 0 Å². The third-order valence-electron chi connectivity index (χ3n) is 5.04. The first-order valence-electron chi connectivity index (χ1n) is 9.75. The van der Waals surface area contributed by atoms with Gasteiger partial charge in [-0.3, -0.25) is 9.78 Å². The number of thiophene rings is 1. The second-order valence-electron chi connectivity index (χ2n) is 6.92. The molecule has 2 aromatic heterocycles. The van der Waals surface area contributed by atoms with Crippen LogP contribution in [0.3, 0.4) is 0 Å². The lowest BCUT2D eigenvalue weighted by molar-refractivity contribution is -0.115. The molecule has 3 heterocycles. The molecule has 0 aliphatic carbocycles. The summed E-state index contributed by atoms with van der Waals surface area (Å²) in [5, 5.41) is 6.86. The van der Waals surface area contributed by atoms with Crippen LogP contribution in [0.4, 0.5) is 11.4 Å². The molecule has 2 N–H and O–H groups in total. The third-order valence-corrected chi connectivity index (χ3v) is 6.66. The number of nitrogens with zero attached hydrogens (tertiary/aromatic N) is 2. The van der Waals surface area contributed by atoms with Crippen LogP contribution in [0.1, 0.15) is 36.0 Å². The van der Waals surface area contributed by atoms with E-state index in [1.54, 1.807) is 20.2 Å². The number of methoxy groups -OCH3 is 1. The maximum absolute atomic E-state index is 11.9. The summed E-state index contributed by atoms with van der Waals surface area (Å²) in [5.74, 6) is 0.483. The fourth-order valence-corrected chi connectivity index (χ4v) is 5.12. The van der Waals surface area contributed by atoms with Gasteiger partial charge in [0.25, 0.3) is 0 Å². The number of rotatable bonds is 6. The average molecular weight is 473 g/mol. The second kappa shape index (κ2) is 9.21. The van der Waals surface area contributed by atoms with Crippen molar-refractivity contribution in [1.82, 2.24) is 10.3 Å². The summed E-state index contributed by atoms with van der Waals surface area (Å²) in [6.45, 7) is 1.80. The molecule has 0 unspecified atom stereocenters. The van der Waals surface area contributed by atoms with E-state index in [9.17, 15) is 4.79 Å². The molecule has 0 bridgehead atoms. The van der Waals surface area contributed by atoms with Crippen LogP contribution in [0.5, 0.6) is 5.75 Å². The number of nitrogens with one attached hydrogen (secondary N) is 2. The molecule has 1 aromatic carbocycles. The van der Waals surface area contributed by atoms with Gasteiger partial charge in [-0.15, -0.1) is 11.3 Å². The van der Waals surface area contributed by atoms with Gasteiger partial charge in [-0.05, 0) is 48.6 Å². The molecule has 0 spiro atoms. The van der Waals surface area contributed by atoms with Gasteiger partial charge in [0.05, 0.1) is 34.9 Å². The zero-order valence-electron chi connectivity index (χ0n) is 17.0. The summed E-state index contributed by atoms with van der Waals surface area (Å²) in [6.07, 6.45) is 2.16. The fourth-order valence-electron chi connectivity index (χ4n) is 3.58. The van der Waals surface area contributed by atoms with Crippen molar-refractivity contribution in [1.29, 1.82) is 0 Å². The number of anilines is 2. The molecule has 1 aliphatic rings. The molecule has 31 heavy (non-hydrogen) atoms. The van der Waals surface area contributed by atoms with E-state index in [4.69, 9.17) is 28.6 Å². The summed E-state index contributed by atoms with van der Waals surface area (Å²) < 4.78 is 6.26. The minimum atomic E-state index is -0.145. The smallest absolute Gasteiger partial charge is 0.224 e. The monoisotopic (exact) mass is 472 g/mol. The molecule has 1 fully saturated rings. The van der Waals surface area contributed by atoms with E-state index in [-0.39, 0.29) is 18.0 Å². The Kier molecular flexibility index (Phi) is 6.41. The molecule has 160 valence electrons. The average Bonchev–Trinajstić information content (AvgIpc) is 3.37. The Morgan fingerprint density at radius 2 is 2.16 bits per heavy atom. The number of thiocarbonyl (C=S) groups is 1. The Morgan fingerprint density at radius 1 is 1.32 bits per heavy atom. The van der Waals surface area contributed by atoms with Gasteiger partial charge in [-0.25, -0.2) is 0 Å². The highest BCUT2D eigenvalue weighted by atomic mass is 35.5. The van der Waals surface area contributed by atoms with E-state index in [1.807, 2.05) is 53.4 Å². The van der Waals surface area contributed by atoms with Gasteiger partial charge >= 0.3 is 0 Å². The van der Waals surface area contributed by atoms with Crippen molar-refractivity contribution in [3.8, 4) is 5.75 Å². The fraction of sp³-hybridized carbons (Fsp3) is 0.227. The Morgan fingerprint density at radius 3 is 2.81 bits per heavy atom. The predicted molar refractivity (Wildman–Crippen MR) is 129 cm³/mol. The molecular weight excluding hydrogens is 452 g/mol. The SMILES string of the molecule is CCC(=O)Nc1ccc(N2C(=S)N[C@@H](c3ccccn3)[C@@H]2c2ccc(Cl)s2)cc1OC. The minimum Gasteiger partial charge on any atom is -0.494 e. The van der Waals surface area contributed by atoms with Crippen molar-refractivity contribution < 1.29 is 9.53 Å². The molecule has 0 saturated carbocycles. The van der Waals surface area contributed by atoms with Gasteiger partial charge in [0, 0.05) is 29.2 Å². The lowest BCUT2D eigenvalue weighted by Gasteiger charge is -2.27. The van der Waals surface area contributed by atoms with Crippen molar-refractivity contribution in [2.45, 2.75) is 25.4 Å². The molecule has 1 saturated heterocycles. The number of ether oxygens (including phenoxy) is 1. The van der Waals surface area contributed by atoms with Crippen molar-refractivity contribution in [3.05, 3.63) is 69.6 Å². The number of carbonyl (C=O) groups is 1. The van der Waals surface area contributed by atoms with E-state index in [1.165, 1.54) is 11.3 Å². The van der Waals surface area contributed by atoms with Crippen molar-refractivity contribution in [2.24, 2.45) is 0 Å². The van der Waals surface area contributed by atoms with Crippen molar-refractivity contribution in [3.63, 3.8) is 0 Å². The zero-order valence-corrected chi connectivity index (χ0v) is 19.4. The highest BCUT2D eigenvalue weighted by molar-refractivity contribution is 7.80. The van der Waals surface area contributed by atoms with Gasteiger partial charge in [0.1, 0.15) is 5.75 Å². The molecule has 3 aromatic rings. The summed E-state index contributed by atoms with van der Waals surface area (Å²) in [7, 11) is 1.58. The van der Waals surface area contributed by atoms with Crippen LogP contribution >= 0.6 is 35.2 Å². The Labute approximate surface area is 195 Å². The predicted octanol–water partition coefficient (Wildman–Crippen LogP) is 5.33. The molecule has 9 heteroatoms. The van der Waals surface area contributed by atoms with Crippen molar-refractivity contribution in [2.75, 3.05) is 17.3 Å². The highest BCUT2D eigenvalue weighted by Gasteiger charge is 2.41. The normalized spacial score (nSPS) is 18.0. The number of carbonyl (C=O) groups excluding carboxylic acids is 1. The number of amides is 1. The molecule has 6 nitrogen and oxygen atoms in total. The summed E-state index contributed by atoms with van der Waals surface area (Å²) in [6, 6.07) is 15.1. The third kappa shape index (κ3) is 4.37. The molecule has 4 rings (SSSR count). The Balaban J connectivity index is 1.76. The maximum Gasteiger partial charge on any atom is 0.224 e. The quantitative estimate of drug-likeness (QED) is 0.472. The number of benzene rings is 1. The van der Waals surface area contributed by atoms with Gasteiger partial charge in [0.15, 0.2) is 5.11 Å². The first-order valence-corrected chi connectivity index (χ1v) is 11.4. The van der Waals surface area contributed by atoms with Gasteiger partial charge < -0.3 is 20.3 Å². The molecule has 2 atom stereocenters. The van der Waals surface area contributed by atoms with Crippen LogP contribution in [0.15, 0.2) is 54.7 Å². The Bertz CT molecular complexity index is 1110.